The lowest BCUT2D eigenvalue weighted by Gasteiger charge is -2.17. The van der Waals surface area contributed by atoms with Crippen molar-refractivity contribution in [1.29, 1.82) is 0 Å². The molecule has 0 aliphatic heterocycles. The predicted octanol–water partition coefficient (Wildman–Crippen LogP) is 2.08. The lowest BCUT2D eigenvalue weighted by atomic mass is 9.95. The fraction of sp³-hybridized carbons (Fsp3) is 0.421. The van der Waals surface area contributed by atoms with Crippen LogP contribution in [0, 0.1) is 5.92 Å². The molecule has 0 saturated carbocycles. The molecule has 136 valence electrons. The largest absolute Gasteiger partial charge is 0.480 e. The fourth-order valence-corrected chi connectivity index (χ4v) is 2.43. The van der Waals surface area contributed by atoms with E-state index >= 15 is 0 Å². The first-order valence-corrected chi connectivity index (χ1v) is 8.29. The molecule has 1 aromatic carbocycles. The Morgan fingerprint density at radius 1 is 1.16 bits per heavy atom. The van der Waals surface area contributed by atoms with E-state index in [-0.39, 0.29) is 30.7 Å². The van der Waals surface area contributed by atoms with Gasteiger partial charge in [-0.25, -0.2) is 4.79 Å². The van der Waals surface area contributed by atoms with Crippen molar-refractivity contribution in [3.63, 3.8) is 0 Å². The normalized spacial score (nSPS) is 12.9. The number of hydrogen-bond acceptors (Lipinski definition) is 3. The van der Waals surface area contributed by atoms with Crippen LogP contribution in [0.25, 0.3) is 0 Å². The molecule has 6 heteroatoms. The predicted molar refractivity (Wildman–Crippen MR) is 96.0 cm³/mol. The number of carbonyl (C=O) groups excluding carboxylic acids is 2. The van der Waals surface area contributed by atoms with Crippen molar-refractivity contribution in [1.82, 2.24) is 10.6 Å². The highest BCUT2D eigenvalue weighted by Gasteiger charge is 2.21. The third kappa shape index (κ3) is 7.65. The van der Waals surface area contributed by atoms with Crippen molar-refractivity contribution in [2.45, 2.75) is 38.6 Å². The van der Waals surface area contributed by atoms with Gasteiger partial charge in [0.1, 0.15) is 6.04 Å². The van der Waals surface area contributed by atoms with E-state index in [4.69, 9.17) is 5.11 Å². The van der Waals surface area contributed by atoms with Crippen LogP contribution in [0.3, 0.4) is 0 Å². The summed E-state index contributed by atoms with van der Waals surface area (Å²) in [5.41, 5.74) is 0.972. The highest BCUT2D eigenvalue weighted by atomic mass is 16.4. The topological polar surface area (TPSA) is 95.5 Å². The van der Waals surface area contributed by atoms with E-state index in [0.29, 0.717) is 6.42 Å². The van der Waals surface area contributed by atoms with Crippen LogP contribution in [0.15, 0.2) is 43.0 Å². The second kappa shape index (κ2) is 10.3. The summed E-state index contributed by atoms with van der Waals surface area (Å²) in [4.78, 5) is 35.0. The standard InChI is InChI=1S/C19H26N2O4/c1-4-14(15-8-6-5-7-9-15)11-17(22)20-12-18(23)21-16(19(24)25)10-13(2)3/h4-9,13-14,16H,1,10-12H2,2-3H3,(H,20,22)(H,21,23)(H,24,25)/t14?,16-/m0/s1. The zero-order chi connectivity index (χ0) is 18.8. The minimum Gasteiger partial charge on any atom is -0.480 e. The van der Waals surface area contributed by atoms with E-state index in [9.17, 15) is 14.4 Å². The number of rotatable bonds is 10. The highest BCUT2D eigenvalue weighted by Crippen LogP contribution is 2.20. The van der Waals surface area contributed by atoms with Gasteiger partial charge in [-0.05, 0) is 17.9 Å². The van der Waals surface area contributed by atoms with Crippen LogP contribution in [-0.4, -0.2) is 35.5 Å². The van der Waals surface area contributed by atoms with Crippen LogP contribution in [0.4, 0.5) is 0 Å². The maximum Gasteiger partial charge on any atom is 0.326 e. The van der Waals surface area contributed by atoms with Crippen molar-refractivity contribution < 1.29 is 19.5 Å². The molecule has 3 N–H and O–H groups in total. The molecule has 1 rings (SSSR count). The van der Waals surface area contributed by atoms with Crippen LogP contribution in [0.2, 0.25) is 0 Å². The molecule has 0 heterocycles. The smallest absolute Gasteiger partial charge is 0.326 e. The molecule has 0 fully saturated rings. The van der Waals surface area contributed by atoms with Crippen LogP contribution in [0.5, 0.6) is 0 Å². The molecule has 25 heavy (non-hydrogen) atoms. The second-order valence-electron chi connectivity index (χ2n) is 6.32. The van der Waals surface area contributed by atoms with Crippen LogP contribution < -0.4 is 10.6 Å². The average molecular weight is 346 g/mol. The van der Waals surface area contributed by atoms with Gasteiger partial charge in [-0.1, -0.05) is 50.3 Å². The highest BCUT2D eigenvalue weighted by molar-refractivity contribution is 5.88. The molecule has 2 amide bonds. The van der Waals surface area contributed by atoms with Crippen molar-refractivity contribution >= 4 is 17.8 Å². The number of carboxylic acid groups (broad SMARTS) is 1. The zero-order valence-electron chi connectivity index (χ0n) is 14.7. The Morgan fingerprint density at radius 3 is 2.32 bits per heavy atom. The maximum absolute atomic E-state index is 12.0. The first-order chi connectivity index (χ1) is 11.8. The van der Waals surface area contributed by atoms with E-state index in [1.165, 1.54) is 0 Å². The maximum atomic E-state index is 12.0. The molecule has 6 nitrogen and oxygen atoms in total. The molecule has 0 aromatic heterocycles. The molecule has 2 atom stereocenters. The van der Waals surface area contributed by atoms with Crippen LogP contribution in [0.1, 0.15) is 38.2 Å². The second-order valence-corrected chi connectivity index (χ2v) is 6.32. The molecule has 0 aliphatic rings. The van der Waals surface area contributed by atoms with E-state index in [0.717, 1.165) is 5.56 Å². The molecule has 0 bridgehead atoms. The van der Waals surface area contributed by atoms with Gasteiger partial charge in [0.05, 0.1) is 6.54 Å². The average Bonchev–Trinajstić information content (AvgIpc) is 2.57. The summed E-state index contributed by atoms with van der Waals surface area (Å²) in [6.45, 7) is 7.25. The van der Waals surface area contributed by atoms with Gasteiger partial charge in [0.25, 0.3) is 0 Å². The van der Waals surface area contributed by atoms with E-state index in [2.05, 4.69) is 17.2 Å². The number of allylic oxidation sites excluding steroid dienone is 1. The Hall–Kier alpha value is -2.63. The number of hydrogen-bond donors (Lipinski definition) is 3. The number of nitrogens with one attached hydrogen (secondary N) is 2. The molecule has 1 aromatic rings. The number of carbonyl (C=O) groups is 3. The van der Waals surface area contributed by atoms with Gasteiger partial charge in [0.2, 0.25) is 11.8 Å². The minimum atomic E-state index is -1.08. The number of amides is 2. The van der Waals surface area contributed by atoms with Gasteiger partial charge in [-0.2, -0.15) is 0 Å². The number of carboxylic acids is 1. The van der Waals surface area contributed by atoms with E-state index in [1.54, 1.807) is 6.08 Å². The Labute approximate surface area is 148 Å². The molecule has 0 aliphatic carbocycles. The third-order valence-electron chi connectivity index (χ3n) is 3.70. The summed E-state index contributed by atoms with van der Waals surface area (Å²) < 4.78 is 0. The fourth-order valence-electron chi connectivity index (χ4n) is 2.43. The molecule has 0 radical (unpaired) electrons. The van der Waals surface area contributed by atoms with Crippen LogP contribution >= 0.6 is 0 Å². The monoisotopic (exact) mass is 346 g/mol. The van der Waals surface area contributed by atoms with Gasteiger partial charge < -0.3 is 15.7 Å². The molecular formula is C19H26N2O4. The number of benzene rings is 1. The SMILES string of the molecule is C=CC(CC(=O)NCC(=O)N[C@@H](CC(C)C)C(=O)O)c1ccccc1. The minimum absolute atomic E-state index is 0.134. The van der Waals surface area contributed by atoms with Crippen molar-refractivity contribution in [3.8, 4) is 0 Å². The first kappa shape index (κ1) is 20.4. The Bertz CT molecular complexity index is 599. The van der Waals surface area contributed by atoms with Crippen molar-refractivity contribution in [3.05, 3.63) is 48.6 Å². The first-order valence-electron chi connectivity index (χ1n) is 8.29. The molecule has 0 saturated heterocycles. The summed E-state index contributed by atoms with van der Waals surface area (Å²) in [6.07, 6.45) is 2.20. The third-order valence-corrected chi connectivity index (χ3v) is 3.70. The Kier molecular flexibility index (Phi) is 8.39. The van der Waals surface area contributed by atoms with Gasteiger partial charge >= 0.3 is 5.97 Å². The molecule has 0 spiro atoms. The van der Waals surface area contributed by atoms with Crippen molar-refractivity contribution in [2.75, 3.05) is 6.54 Å². The lowest BCUT2D eigenvalue weighted by molar-refractivity contribution is -0.142. The van der Waals surface area contributed by atoms with Gasteiger partial charge in [-0.15, -0.1) is 6.58 Å². The summed E-state index contributed by atoms with van der Waals surface area (Å²) >= 11 is 0. The Balaban J connectivity index is 2.48. The molecule has 1 unspecified atom stereocenters. The summed E-state index contributed by atoms with van der Waals surface area (Å²) in [5.74, 6) is -1.90. The zero-order valence-corrected chi connectivity index (χ0v) is 14.7. The Morgan fingerprint density at radius 2 is 1.80 bits per heavy atom. The van der Waals surface area contributed by atoms with Gasteiger partial charge in [0, 0.05) is 12.3 Å². The summed E-state index contributed by atoms with van der Waals surface area (Å²) in [5, 5.41) is 14.1. The van der Waals surface area contributed by atoms with E-state index < -0.39 is 17.9 Å². The summed E-state index contributed by atoms with van der Waals surface area (Å²) in [7, 11) is 0. The summed E-state index contributed by atoms with van der Waals surface area (Å²) in [6, 6.07) is 8.54. The van der Waals surface area contributed by atoms with Crippen LogP contribution in [-0.2, 0) is 14.4 Å². The lowest BCUT2D eigenvalue weighted by Crippen LogP contribution is -2.46. The van der Waals surface area contributed by atoms with Crippen molar-refractivity contribution in [2.24, 2.45) is 5.92 Å². The van der Waals surface area contributed by atoms with Gasteiger partial charge in [-0.3, -0.25) is 9.59 Å². The molecular weight excluding hydrogens is 320 g/mol. The quantitative estimate of drug-likeness (QED) is 0.565. The van der Waals surface area contributed by atoms with E-state index in [1.807, 2.05) is 44.2 Å². The van der Waals surface area contributed by atoms with Gasteiger partial charge in [0.15, 0.2) is 0 Å². The number of aliphatic carboxylic acids is 1.